The molecule has 31 heavy (non-hydrogen) atoms. The largest absolute Gasteiger partial charge is 0.367 e. The number of hydrogen-bond acceptors (Lipinski definition) is 6. The highest BCUT2D eigenvalue weighted by atomic mass is 35.5. The molecule has 1 aromatic carbocycles. The Hall–Kier alpha value is -2.48. The number of fused-ring (bicyclic) bond motifs is 3. The Labute approximate surface area is 193 Å². The van der Waals surface area contributed by atoms with E-state index in [1.165, 1.54) is 6.20 Å². The number of hydrogen-bond donors (Lipinski definition) is 1. The van der Waals surface area contributed by atoms with Gasteiger partial charge in [-0.05, 0) is 44.0 Å². The van der Waals surface area contributed by atoms with Crippen LogP contribution in [0, 0.1) is 6.92 Å². The van der Waals surface area contributed by atoms with E-state index in [4.69, 9.17) is 34.8 Å². The Balaban J connectivity index is 1.37. The number of nitrogens with zero attached hydrogens (tertiary/aromatic N) is 5. The molecule has 0 bridgehead atoms. The third-order valence-electron chi connectivity index (χ3n) is 4.95. The van der Waals surface area contributed by atoms with Gasteiger partial charge in [0.2, 0.25) is 5.65 Å². The molecule has 0 aliphatic rings. The van der Waals surface area contributed by atoms with E-state index in [0.29, 0.717) is 50.7 Å². The Bertz CT molecular complexity index is 1260. The fourth-order valence-corrected chi connectivity index (χ4v) is 3.79. The van der Waals surface area contributed by atoms with Crippen molar-refractivity contribution in [2.45, 2.75) is 32.6 Å². The smallest absolute Gasteiger partial charge is 0.204 e. The van der Waals surface area contributed by atoms with Gasteiger partial charge in [-0.3, -0.25) is 9.20 Å². The van der Waals surface area contributed by atoms with Crippen molar-refractivity contribution >= 4 is 63.1 Å². The van der Waals surface area contributed by atoms with E-state index in [0.717, 1.165) is 30.6 Å². The van der Waals surface area contributed by atoms with Crippen LogP contribution in [0.1, 0.15) is 41.9 Å². The number of aromatic nitrogens is 5. The van der Waals surface area contributed by atoms with Crippen LogP contribution in [0.3, 0.4) is 0 Å². The molecule has 1 N–H and O–H groups in total. The third-order valence-corrected chi connectivity index (χ3v) is 5.90. The second kappa shape index (κ2) is 9.34. The van der Waals surface area contributed by atoms with Crippen LogP contribution in [-0.4, -0.2) is 36.9 Å². The van der Waals surface area contributed by atoms with Gasteiger partial charge in [-0.1, -0.05) is 41.2 Å². The third kappa shape index (κ3) is 4.74. The van der Waals surface area contributed by atoms with Gasteiger partial charge in [0, 0.05) is 24.7 Å². The summed E-state index contributed by atoms with van der Waals surface area (Å²) in [5.41, 5.74) is 2.72. The van der Waals surface area contributed by atoms with Gasteiger partial charge in [0.05, 0.1) is 21.1 Å². The van der Waals surface area contributed by atoms with Gasteiger partial charge in [0.25, 0.3) is 0 Å². The van der Waals surface area contributed by atoms with Crippen LogP contribution in [0.4, 0.5) is 5.82 Å². The van der Waals surface area contributed by atoms with Crippen LogP contribution >= 0.6 is 34.8 Å². The number of unbranched alkanes of at least 4 members (excludes halogenated alkanes) is 2. The molecule has 0 saturated carbocycles. The summed E-state index contributed by atoms with van der Waals surface area (Å²) in [6.07, 6.45) is 4.57. The van der Waals surface area contributed by atoms with Crippen molar-refractivity contribution in [3.8, 4) is 0 Å². The topological polar surface area (TPSA) is 85.1 Å². The fraction of sp³-hybridized carbons (Fsp3) is 0.286. The molecule has 0 unspecified atom stereocenters. The lowest BCUT2D eigenvalue weighted by Gasteiger charge is -2.10. The first kappa shape index (κ1) is 21.7. The van der Waals surface area contributed by atoms with Crippen LogP contribution in [0.25, 0.3) is 16.7 Å². The normalized spacial score (nSPS) is 11.4. The zero-order valence-electron chi connectivity index (χ0n) is 16.7. The molecule has 3 aromatic heterocycles. The molecule has 0 fully saturated rings. The SMILES string of the molecule is Cc1nnc2c(NCCCCCC(=O)c3ccc(Cl)nc3)nc3cc(Cl)c(Cl)cc3n12. The summed E-state index contributed by atoms with van der Waals surface area (Å²) in [5.74, 6) is 1.44. The van der Waals surface area contributed by atoms with Gasteiger partial charge < -0.3 is 5.32 Å². The fourth-order valence-electron chi connectivity index (χ4n) is 3.37. The molecule has 4 rings (SSSR count). The molecular weight excluding hydrogens is 459 g/mol. The summed E-state index contributed by atoms with van der Waals surface area (Å²) in [6, 6.07) is 6.84. The summed E-state index contributed by atoms with van der Waals surface area (Å²) in [7, 11) is 0. The lowest BCUT2D eigenvalue weighted by atomic mass is 10.1. The van der Waals surface area contributed by atoms with Crippen molar-refractivity contribution in [2.75, 3.05) is 11.9 Å². The number of carbonyl (C=O) groups is 1. The number of benzene rings is 1. The Morgan fingerprint density at radius 2 is 1.87 bits per heavy atom. The van der Waals surface area contributed by atoms with Gasteiger partial charge in [0.15, 0.2) is 11.6 Å². The zero-order chi connectivity index (χ0) is 22.0. The first-order valence-electron chi connectivity index (χ1n) is 9.83. The maximum absolute atomic E-state index is 12.2. The van der Waals surface area contributed by atoms with Crippen molar-refractivity contribution in [3.05, 3.63) is 57.0 Å². The molecule has 0 spiro atoms. The molecule has 7 nitrogen and oxygen atoms in total. The predicted molar refractivity (Wildman–Crippen MR) is 124 cm³/mol. The second-order valence-corrected chi connectivity index (χ2v) is 8.35. The minimum atomic E-state index is 0.0736. The molecule has 0 saturated heterocycles. The van der Waals surface area contributed by atoms with Gasteiger partial charge in [0.1, 0.15) is 11.0 Å². The van der Waals surface area contributed by atoms with Crippen LogP contribution < -0.4 is 5.32 Å². The number of nitrogens with one attached hydrogen (secondary N) is 1. The highest BCUT2D eigenvalue weighted by molar-refractivity contribution is 6.42. The number of carbonyl (C=O) groups excluding carboxylic acids is 1. The van der Waals surface area contributed by atoms with Gasteiger partial charge in [-0.15, -0.1) is 10.2 Å². The van der Waals surface area contributed by atoms with Crippen molar-refractivity contribution in [3.63, 3.8) is 0 Å². The Morgan fingerprint density at radius 3 is 2.65 bits per heavy atom. The highest BCUT2D eigenvalue weighted by Crippen LogP contribution is 2.29. The van der Waals surface area contributed by atoms with E-state index in [2.05, 4.69) is 25.5 Å². The van der Waals surface area contributed by atoms with Crippen LogP contribution in [0.15, 0.2) is 30.5 Å². The summed E-state index contributed by atoms with van der Waals surface area (Å²) in [6.45, 7) is 2.57. The standard InChI is InChI=1S/C21H19Cl3N6O/c1-12-28-29-21-20(27-16-9-14(22)15(23)10-17(16)30(12)21)25-8-4-2-3-5-18(31)13-6-7-19(24)26-11-13/h6-7,9-11H,2-5,8H2,1H3,(H,25,27). The molecule has 0 amide bonds. The molecule has 4 aromatic rings. The van der Waals surface area contributed by atoms with E-state index in [9.17, 15) is 4.79 Å². The highest BCUT2D eigenvalue weighted by Gasteiger charge is 2.14. The summed E-state index contributed by atoms with van der Waals surface area (Å²) in [5, 5.41) is 13.0. The Morgan fingerprint density at radius 1 is 1.06 bits per heavy atom. The minimum Gasteiger partial charge on any atom is -0.367 e. The maximum Gasteiger partial charge on any atom is 0.204 e. The zero-order valence-corrected chi connectivity index (χ0v) is 19.0. The van der Waals surface area contributed by atoms with E-state index in [1.54, 1.807) is 24.3 Å². The quantitative estimate of drug-likeness (QED) is 0.196. The number of ketones is 1. The molecule has 0 radical (unpaired) electrons. The van der Waals surface area contributed by atoms with Crippen molar-refractivity contribution in [1.82, 2.24) is 24.6 Å². The van der Waals surface area contributed by atoms with Gasteiger partial charge in [-0.25, -0.2) is 9.97 Å². The second-order valence-electron chi connectivity index (χ2n) is 7.15. The van der Waals surface area contributed by atoms with E-state index in [1.807, 2.05) is 11.3 Å². The number of pyridine rings is 1. The van der Waals surface area contributed by atoms with Crippen LogP contribution in [-0.2, 0) is 0 Å². The summed E-state index contributed by atoms with van der Waals surface area (Å²) < 4.78 is 1.91. The average molecular weight is 478 g/mol. The monoisotopic (exact) mass is 476 g/mol. The lowest BCUT2D eigenvalue weighted by Crippen LogP contribution is -2.07. The number of anilines is 1. The van der Waals surface area contributed by atoms with Crippen molar-refractivity contribution < 1.29 is 4.79 Å². The average Bonchev–Trinajstić information content (AvgIpc) is 3.14. The minimum absolute atomic E-state index is 0.0736. The van der Waals surface area contributed by atoms with E-state index >= 15 is 0 Å². The van der Waals surface area contributed by atoms with Crippen molar-refractivity contribution in [1.29, 1.82) is 0 Å². The van der Waals surface area contributed by atoms with Gasteiger partial charge in [-0.2, -0.15) is 0 Å². The molecular formula is C21H19Cl3N6O. The number of halogens is 3. The van der Waals surface area contributed by atoms with Gasteiger partial charge >= 0.3 is 0 Å². The molecule has 0 aliphatic heterocycles. The molecule has 3 heterocycles. The molecule has 0 atom stereocenters. The van der Waals surface area contributed by atoms with E-state index in [-0.39, 0.29) is 5.78 Å². The van der Waals surface area contributed by atoms with Crippen molar-refractivity contribution in [2.24, 2.45) is 0 Å². The van der Waals surface area contributed by atoms with E-state index < -0.39 is 0 Å². The van der Waals surface area contributed by atoms with Crippen LogP contribution in [0.5, 0.6) is 0 Å². The maximum atomic E-state index is 12.2. The molecule has 10 heteroatoms. The summed E-state index contributed by atoms with van der Waals surface area (Å²) >= 11 is 18.1. The summed E-state index contributed by atoms with van der Waals surface area (Å²) in [4.78, 5) is 20.8. The lowest BCUT2D eigenvalue weighted by molar-refractivity contribution is 0.0979. The molecule has 0 aliphatic carbocycles. The van der Waals surface area contributed by atoms with Crippen LogP contribution in [0.2, 0.25) is 15.2 Å². The number of Topliss-reactive ketones (excluding diaryl/α,β-unsaturated/α-hetero) is 1. The first-order chi connectivity index (χ1) is 14.9. The number of aryl methyl sites for hydroxylation is 1. The number of rotatable bonds is 8. The molecule has 160 valence electrons. The first-order valence-corrected chi connectivity index (χ1v) is 11.0. The predicted octanol–water partition coefficient (Wildman–Crippen LogP) is 5.80. The Kier molecular flexibility index (Phi) is 6.55.